The largest absolute Gasteiger partial charge is 0.481 e. The number of fused-ring (bicyclic) bond motifs is 2. The van der Waals surface area contributed by atoms with Gasteiger partial charge in [0.15, 0.2) is 0 Å². The van der Waals surface area contributed by atoms with Crippen molar-refractivity contribution in [3.63, 3.8) is 0 Å². The van der Waals surface area contributed by atoms with E-state index in [1.54, 1.807) is 12.2 Å². The predicted octanol–water partition coefficient (Wildman–Crippen LogP) is 0.977. The molecule has 7 nitrogen and oxygen atoms in total. The number of anilines is 1. The van der Waals surface area contributed by atoms with Crippen molar-refractivity contribution in [2.75, 3.05) is 5.32 Å². The smallest absolute Gasteiger partial charge is 0.335 e. The monoisotopic (exact) mass is 303 g/mol. The summed E-state index contributed by atoms with van der Waals surface area (Å²) < 4.78 is 5.44. The number of benzene rings is 1. The van der Waals surface area contributed by atoms with Gasteiger partial charge in [0.2, 0.25) is 5.91 Å². The third-order valence-corrected chi connectivity index (χ3v) is 3.89. The minimum absolute atomic E-state index is 0.104. The minimum Gasteiger partial charge on any atom is -0.481 e. The number of hydrogen-bond acceptors (Lipinski definition) is 4. The van der Waals surface area contributed by atoms with Gasteiger partial charge in [-0.2, -0.15) is 0 Å². The number of amides is 1. The summed E-state index contributed by atoms with van der Waals surface area (Å²) in [5.41, 5.74) is 0.512. The van der Waals surface area contributed by atoms with Gasteiger partial charge in [0.1, 0.15) is 5.92 Å². The van der Waals surface area contributed by atoms with Gasteiger partial charge in [-0.1, -0.05) is 12.2 Å². The molecular weight excluding hydrogens is 290 g/mol. The van der Waals surface area contributed by atoms with Gasteiger partial charge < -0.3 is 20.3 Å². The van der Waals surface area contributed by atoms with Crippen molar-refractivity contribution in [3.8, 4) is 0 Å². The van der Waals surface area contributed by atoms with Crippen LogP contribution in [0, 0.1) is 11.8 Å². The van der Waals surface area contributed by atoms with Crippen LogP contribution < -0.4 is 5.32 Å². The van der Waals surface area contributed by atoms with Crippen molar-refractivity contribution in [2.24, 2.45) is 11.8 Å². The number of carbonyl (C=O) groups is 3. The topological polar surface area (TPSA) is 113 Å². The van der Waals surface area contributed by atoms with Gasteiger partial charge in [0, 0.05) is 5.69 Å². The second-order valence-electron chi connectivity index (χ2n) is 5.21. The van der Waals surface area contributed by atoms with Crippen molar-refractivity contribution in [3.05, 3.63) is 42.0 Å². The van der Waals surface area contributed by atoms with E-state index >= 15 is 0 Å². The zero-order valence-corrected chi connectivity index (χ0v) is 11.3. The standard InChI is InChI=1S/C15H13NO6/c17-13(16-8-3-1-7(2-4-8)14(18)19)11-9-5-6-10(22-9)12(11)15(20)21/h1-6,9-12H,(H,16,17)(H,18,19)(H,20,21)/t9-,10-,11-,12-/m0/s1. The number of carbonyl (C=O) groups excluding carboxylic acids is 1. The van der Waals surface area contributed by atoms with Crippen LogP contribution in [-0.2, 0) is 14.3 Å². The van der Waals surface area contributed by atoms with Crippen LogP contribution in [-0.4, -0.2) is 40.3 Å². The number of hydrogen-bond donors (Lipinski definition) is 3. The molecule has 1 fully saturated rings. The van der Waals surface area contributed by atoms with Crippen LogP contribution in [0.1, 0.15) is 10.4 Å². The molecule has 3 rings (SSSR count). The highest BCUT2D eigenvalue weighted by atomic mass is 16.5. The summed E-state index contributed by atoms with van der Waals surface area (Å²) in [6.45, 7) is 0. The van der Waals surface area contributed by atoms with Crippen molar-refractivity contribution in [2.45, 2.75) is 12.2 Å². The lowest BCUT2D eigenvalue weighted by molar-refractivity contribution is -0.145. The first-order chi connectivity index (χ1) is 10.5. The summed E-state index contributed by atoms with van der Waals surface area (Å²) in [6.07, 6.45) is 2.24. The third-order valence-electron chi connectivity index (χ3n) is 3.89. The fourth-order valence-electron chi connectivity index (χ4n) is 2.84. The van der Waals surface area contributed by atoms with Gasteiger partial charge in [-0.3, -0.25) is 9.59 Å². The molecule has 0 radical (unpaired) electrons. The molecule has 1 aromatic carbocycles. The van der Waals surface area contributed by atoms with E-state index in [2.05, 4.69) is 5.32 Å². The quantitative estimate of drug-likeness (QED) is 0.715. The van der Waals surface area contributed by atoms with Crippen molar-refractivity contribution in [1.82, 2.24) is 0 Å². The average Bonchev–Trinajstić information content (AvgIpc) is 3.08. The predicted molar refractivity (Wildman–Crippen MR) is 74.4 cm³/mol. The Balaban J connectivity index is 1.75. The Bertz CT molecular complexity index is 665. The van der Waals surface area contributed by atoms with E-state index in [4.69, 9.17) is 9.84 Å². The molecule has 2 aliphatic rings. The summed E-state index contributed by atoms with van der Waals surface area (Å²) in [4.78, 5) is 34.4. The van der Waals surface area contributed by atoms with Gasteiger partial charge in [-0.15, -0.1) is 0 Å². The van der Waals surface area contributed by atoms with Crippen LogP contribution in [0.25, 0.3) is 0 Å². The maximum atomic E-state index is 12.3. The van der Waals surface area contributed by atoms with Gasteiger partial charge in [-0.05, 0) is 24.3 Å². The molecule has 1 amide bonds. The average molecular weight is 303 g/mol. The highest BCUT2D eigenvalue weighted by Gasteiger charge is 2.53. The maximum Gasteiger partial charge on any atom is 0.335 e. The molecule has 2 bridgehead atoms. The highest BCUT2D eigenvalue weighted by Crippen LogP contribution is 2.39. The number of aromatic carboxylic acids is 1. The molecular formula is C15H13NO6. The lowest BCUT2D eigenvalue weighted by Crippen LogP contribution is -2.39. The van der Waals surface area contributed by atoms with E-state index < -0.39 is 41.9 Å². The molecule has 7 heteroatoms. The normalized spacial score (nSPS) is 28.5. The number of rotatable bonds is 4. The molecule has 0 unspecified atom stereocenters. The van der Waals surface area contributed by atoms with E-state index in [0.29, 0.717) is 5.69 Å². The minimum atomic E-state index is -1.07. The van der Waals surface area contributed by atoms with Crippen molar-refractivity contribution in [1.29, 1.82) is 0 Å². The Morgan fingerprint density at radius 3 is 2.09 bits per heavy atom. The van der Waals surface area contributed by atoms with Crippen LogP contribution in [0.3, 0.4) is 0 Å². The van der Waals surface area contributed by atoms with Crippen LogP contribution >= 0.6 is 0 Å². The molecule has 0 aromatic heterocycles. The molecule has 4 atom stereocenters. The highest BCUT2D eigenvalue weighted by molar-refractivity contribution is 5.97. The second kappa shape index (κ2) is 5.27. The number of carboxylic acids is 2. The van der Waals surface area contributed by atoms with Gasteiger partial charge in [0.25, 0.3) is 0 Å². The molecule has 3 N–H and O–H groups in total. The Morgan fingerprint density at radius 2 is 1.55 bits per heavy atom. The molecule has 114 valence electrons. The summed E-state index contributed by atoms with van der Waals surface area (Å²) >= 11 is 0. The molecule has 2 aliphatic heterocycles. The van der Waals surface area contributed by atoms with E-state index in [0.717, 1.165) is 0 Å². The SMILES string of the molecule is O=C(O)c1ccc(NC(=O)[C@@H]2[C@@H](C(=O)O)[C@@H]3C=C[C@@H]2O3)cc1. The fraction of sp³-hybridized carbons (Fsp3) is 0.267. The van der Waals surface area contributed by atoms with Crippen LogP contribution in [0.4, 0.5) is 5.69 Å². The number of ether oxygens (including phenoxy) is 1. The maximum absolute atomic E-state index is 12.3. The Morgan fingerprint density at radius 1 is 0.955 bits per heavy atom. The fourth-order valence-corrected chi connectivity index (χ4v) is 2.84. The molecule has 0 spiro atoms. The Labute approximate surface area is 125 Å². The van der Waals surface area contributed by atoms with Crippen LogP contribution in [0.15, 0.2) is 36.4 Å². The lowest BCUT2D eigenvalue weighted by atomic mass is 9.82. The van der Waals surface area contributed by atoms with E-state index in [1.165, 1.54) is 24.3 Å². The number of nitrogens with one attached hydrogen (secondary N) is 1. The third kappa shape index (κ3) is 2.35. The zero-order valence-electron chi connectivity index (χ0n) is 11.3. The molecule has 1 aromatic rings. The van der Waals surface area contributed by atoms with E-state index in [1.807, 2.05) is 0 Å². The van der Waals surface area contributed by atoms with Gasteiger partial charge >= 0.3 is 11.9 Å². The Hall–Kier alpha value is -2.67. The van der Waals surface area contributed by atoms with Crippen molar-refractivity contribution < 1.29 is 29.3 Å². The van der Waals surface area contributed by atoms with Gasteiger partial charge in [0.05, 0.1) is 23.7 Å². The molecule has 22 heavy (non-hydrogen) atoms. The van der Waals surface area contributed by atoms with Crippen LogP contribution in [0.2, 0.25) is 0 Å². The van der Waals surface area contributed by atoms with E-state index in [9.17, 15) is 19.5 Å². The summed E-state index contributed by atoms with van der Waals surface area (Å²) in [5, 5.41) is 20.7. The zero-order chi connectivity index (χ0) is 15.9. The molecule has 2 heterocycles. The summed E-state index contributed by atoms with van der Waals surface area (Å²) in [6, 6.07) is 5.65. The summed E-state index contributed by atoms with van der Waals surface area (Å²) in [5.74, 6) is -4.29. The molecule has 1 saturated heterocycles. The van der Waals surface area contributed by atoms with Crippen molar-refractivity contribution >= 4 is 23.5 Å². The number of aliphatic carboxylic acids is 1. The molecule has 0 saturated carbocycles. The second-order valence-corrected chi connectivity index (χ2v) is 5.21. The first-order valence-corrected chi connectivity index (χ1v) is 6.68. The molecule has 0 aliphatic carbocycles. The number of carboxylic acid groups (broad SMARTS) is 2. The first kappa shape index (κ1) is 14.3. The lowest BCUT2D eigenvalue weighted by Gasteiger charge is -2.21. The summed E-state index contributed by atoms with van der Waals surface area (Å²) in [7, 11) is 0. The van der Waals surface area contributed by atoms with E-state index in [-0.39, 0.29) is 5.56 Å². The Kier molecular flexibility index (Phi) is 3.42. The van der Waals surface area contributed by atoms with Crippen LogP contribution in [0.5, 0.6) is 0 Å². The van der Waals surface area contributed by atoms with Gasteiger partial charge in [-0.25, -0.2) is 4.79 Å². The first-order valence-electron chi connectivity index (χ1n) is 6.68.